The summed E-state index contributed by atoms with van der Waals surface area (Å²) in [5, 5.41) is 4.72. The SMILES string of the molecule is CCCn1nc(C(=O)N2CC[C@@H](C)Sc3ccccc32)ccc1=O. The van der Waals surface area contributed by atoms with Crippen molar-refractivity contribution in [1.82, 2.24) is 9.78 Å². The highest BCUT2D eigenvalue weighted by molar-refractivity contribution is 8.00. The molecule has 2 heterocycles. The van der Waals surface area contributed by atoms with Gasteiger partial charge in [-0.3, -0.25) is 9.59 Å². The van der Waals surface area contributed by atoms with Crippen molar-refractivity contribution in [3.05, 3.63) is 52.4 Å². The minimum atomic E-state index is -0.172. The van der Waals surface area contributed by atoms with Gasteiger partial charge in [0.05, 0.1) is 5.69 Å². The summed E-state index contributed by atoms with van der Waals surface area (Å²) in [7, 11) is 0. The van der Waals surface area contributed by atoms with Gasteiger partial charge in [0, 0.05) is 29.3 Å². The summed E-state index contributed by atoms with van der Waals surface area (Å²) in [5.41, 5.74) is 1.07. The van der Waals surface area contributed by atoms with Crippen LogP contribution in [-0.2, 0) is 6.54 Å². The lowest BCUT2D eigenvalue weighted by molar-refractivity contribution is 0.0979. The van der Waals surface area contributed by atoms with E-state index in [1.807, 2.05) is 31.2 Å². The molecule has 126 valence electrons. The van der Waals surface area contributed by atoms with Crippen LogP contribution in [0.15, 0.2) is 46.1 Å². The molecule has 0 spiro atoms. The average molecular weight is 343 g/mol. The maximum absolute atomic E-state index is 13.0. The Labute approximate surface area is 145 Å². The van der Waals surface area contributed by atoms with Crippen molar-refractivity contribution in [2.45, 2.75) is 43.4 Å². The molecule has 0 bridgehead atoms. The van der Waals surface area contributed by atoms with Crippen LogP contribution in [0.1, 0.15) is 37.2 Å². The van der Waals surface area contributed by atoms with Gasteiger partial charge in [-0.2, -0.15) is 5.10 Å². The third kappa shape index (κ3) is 3.38. The highest BCUT2D eigenvalue weighted by Gasteiger charge is 2.26. The number of hydrogen-bond acceptors (Lipinski definition) is 4. The lowest BCUT2D eigenvalue weighted by Gasteiger charge is -2.22. The molecule has 0 unspecified atom stereocenters. The summed E-state index contributed by atoms with van der Waals surface area (Å²) in [6, 6.07) is 10.9. The van der Waals surface area contributed by atoms with Gasteiger partial charge in [0.2, 0.25) is 0 Å². The maximum Gasteiger partial charge on any atom is 0.278 e. The fraction of sp³-hybridized carbons (Fsp3) is 0.389. The van der Waals surface area contributed by atoms with Crippen molar-refractivity contribution in [3.8, 4) is 0 Å². The van der Waals surface area contributed by atoms with Gasteiger partial charge >= 0.3 is 0 Å². The van der Waals surface area contributed by atoms with Gasteiger partial charge in [0.25, 0.3) is 11.5 Å². The zero-order valence-corrected chi connectivity index (χ0v) is 14.8. The van der Waals surface area contributed by atoms with Crippen LogP contribution in [0.3, 0.4) is 0 Å². The molecule has 0 radical (unpaired) electrons. The summed E-state index contributed by atoms with van der Waals surface area (Å²) in [6.45, 7) is 5.32. The van der Waals surface area contributed by atoms with E-state index >= 15 is 0 Å². The van der Waals surface area contributed by atoms with Gasteiger partial charge in [-0.25, -0.2) is 4.68 Å². The van der Waals surface area contributed by atoms with E-state index in [-0.39, 0.29) is 11.5 Å². The van der Waals surface area contributed by atoms with E-state index in [0.717, 1.165) is 23.4 Å². The number of thioether (sulfide) groups is 1. The first-order valence-electron chi connectivity index (χ1n) is 8.26. The highest BCUT2D eigenvalue weighted by Crippen LogP contribution is 2.37. The van der Waals surface area contributed by atoms with Gasteiger partial charge in [-0.15, -0.1) is 11.8 Å². The number of para-hydroxylation sites is 1. The quantitative estimate of drug-likeness (QED) is 0.859. The van der Waals surface area contributed by atoms with E-state index in [1.54, 1.807) is 16.7 Å². The Hall–Kier alpha value is -2.08. The van der Waals surface area contributed by atoms with E-state index in [4.69, 9.17) is 0 Å². The molecular weight excluding hydrogens is 322 g/mol. The Bertz CT molecular complexity index is 803. The van der Waals surface area contributed by atoms with Gasteiger partial charge in [-0.05, 0) is 31.0 Å². The molecule has 0 N–H and O–H groups in total. The van der Waals surface area contributed by atoms with Crippen molar-refractivity contribution in [1.29, 1.82) is 0 Å². The Morgan fingerprint density at radius 1 is 1.29 bits per heavy atom. The number of fused-ring (bicyclic) bond motifs is 1. The van der Waals surface area contributed by atoms with Crippen LogP contribution in [0.25, 0.3) is 0 Å². The van der Waals surface area contributed by atoms with Crippen molar-refractivity contribution in [3.63, 3.8) is 0 Å². The second-order valence-corrected chi connectivity index (χ2v) is 7.40. The predicted molar refractivity (Wildman–Crippen MR) is 96.8 cm³/mol. The highest BCUT2D eigenvalue weighted by atomic mass is 32.2. The molecule has 0 fully saturated rings. The minimum Gasteiger partial charge on any atom is -0.306 e. The smallest absolute Gasteiger partial charge is 0.278 e. The van der Waals surface area contributed by atoms with Crippen molar-refractivity contribution in [2.75, 3.05) is 11.4 Å². The second kappa shape index (κ2) is 7.21. The van der Waals surface area contributed by atoms with Crippen LogP contribution >= 0.6 is 11.8 Å². The van der Waals surface area contributed by atoms with E-state index in [2.05, 4.69) is 12.0 Å². The van der Waals surface area contributed by atoms with Crippen LogP contribution in [0.2, 0.25) is 0 Å². The first-order valence-corrected chi connectivity index (χ1v) is 9.14. The normalized spacial score (nSPS) is 17.2. The van der Waals surface area contributed by atoms with Crippen LogP contribution in [0.4, 0.5) is 5.69 Å². The Balaban J connectivity index is 1.98. The molecule has 1 atom stereocenters. The molecule has 0 saturated heterocycles. The molecule has 3 rings (SSSR count). The van der Waals surface area contributed by atoms with E-state index in [0.29, 0.717) is 24.0 Å². The maximum atomic E-state index is 13.0. The summed E-state index contributed by atoms with van der Waals surface area (Å²) >= 11 is 1.79. The lowest BCUT2D eigenvalue weighted by atomic mass is 10.2. The predicted octanol–water partition coefficient (Wildman–Crippen LogP) is 3.18. The number of anilines is 1. The number of carbonyl (C=O) groups excluding carboxylic acids is 1. The monoisotopic (exact) mass is 343 g/mol. The first-order chi connectivity index (χ1) is 11.6. The molecule has 24 heavy (non-hydrogen) atoms. The number of nitrogens with zero attached hydrogens (tertiary/aromatic N) is 3. The van der Waals surface area contributed by atoms with Crippen molar-refractivity contribution in [2.24, 2.45) is 0 Å². The molecule has 1 aromatic carbocycles. The fourth-order valence-electron chi connectivity index (χ4n) is 2.77. The molecule has 1 amide bonds. The standard InChI is InChI=1S/C18H21N3O2S/c1-3-11-21-17(22)9-8-14(19-21)18(23)20-12-10-13(2)24-16-7-5-4-6-15(16)20/h4-9,13H,3,10-12H2,1-2H3/t13-/m1/s1. The number of hydrogen-bond donors (Lipinski definition) is 0. The number of amides is 1. The van der Waals surface area contributed by atoms with Crippen LogP contribution < -0.4 is 10.5 Å². The molecule has 0 saturated carbocycles. The summed E-state index contributed by atoms with van der Waals surface area (Å²) in [5.74, 6) is -0.151. The van der Waals surface area contributed by atoms with E-state index in [1.165, 1.54) is 16.8 Å². The number of aryl methyl sites for hydroxylation is 1. The zero-order valence-electron chi connectivity index (χ0n) is 13.9. The minimum absolute atomic E-state index is 0.151. The van der Waals surface area contributed by atoms with Crippen LogP contribution in [0, 0.1) is 0 Å². The molecule has 1 aromatic heterocycles. The Morgan fingerprint density at radius 2 is 2.08 bits per heavy atom. The van der Waals surface area contributed by atoms with Crippen molar-refractivity contribution < 1.29 is 4.79 Å². The number of carbonyl (C=O) groups is 1. The summed E-state index contributed by atoms with van der Waals surface area (Å²) < 4.78 is 1.37. The third-order valence-electron chi connectivity index (χ3n) is 4.01. The van der Waals surface area contributed by atoms with Crippen LogP contribution in [-0.4, -0.2) is 27.5 Å². The van der Waals surface area contributed by atoms with Gasteiger partial charge in [0.1, 0.15) is 5.69 Å². The molecule has 2 aromatic rings. The first kappa shape index (κ1) is 16.8. The molecule has 0 aliphatic carbocycles. The molecule has 1 aliphatic rings. The lowest BCUT2D eigenvalue weighted by Crippen LogP contribution is -2.35. The number of aromatic nitrogens is 2. The second-order valence-electron chi connectivity index (χ2n) is 5.92. The molecule has 5 nitrogen and oxygen atoms in total. The average Bonchev–Trinajstić information content (AvgIpc) is 2.74. The summed E-state index contributed by atoms with van der Waals surface area (Å²) in [6.07, 6.45) is 1.71. The topological polar surface area (TPSA) is 55.2 Å². The zero-order chi connectivity index (χ0) is 17.1. The van der Waals surface area contributed by atoms with E-state index in [9.17, 15) is 9.59 Å². The largest absolute Gasteiger partial charge is 0.306 e. The molecule has 6 heteroatoms. The summed E-state index contributed by atoms with van der Waals surface area (Å²) in [4.78, 5) is 27.8. The molecular formula is C18H21N3O2S. The molecule has 1 aliphatic heterocycles. The number of benzene rings is 1. The van der Waals surface area contributed by atoms with Gasteiger partial charge < -0.3 is 4.90 Å². The number of rotatable bonds is 3. The third-order valence-corrected chi connectivity index (χ3v) is 5.25. The van der Waals surface area contributed by atoms with Crippen molar-refractivity contribution >= 4 is 23.4 Å². The Morgan fingerprint density at radius 3 is 2.88 bits per heavy atom. The Kier molecular flexibility index (Phi) is 5.04. The van der Waals surface area contributed by atoms with Crippen LogP contribution in [0.5, 0.6) is 0 Å². The van der Waals surface area contributed by atoms with Gasteiger partial charge in [0.15, 0.2) is 0 Å². The van der Waals surface area contributed by atoms with Gasteiger partial charge in [-0.1, -0.05) is 26.0 Å². The fourth-order valence-corrected chi connectivity index (χ4v) is 3.88. The van der Waals surface area contributed by atoms with E-state index < -0.39 is 0 Å².